The summed E-state index contributed by atoms with van der Waals surface area (Å²) in [4.78, 5) is 9.83. The van der Waals surface area contributed by atoms with Crippen LogP contribution in [0.2, 0.25) is 5.02 Å². The highest BCUT2D eigenvalue weighted by Gasteiger charge is 2.35. The first-order chi connectivity index (χ1) is 8.79. The number of nitro groups is 1. The SMILES string of the molecule is O=[N+]([O-])c1ccc(-c2cc(C(F)(F)F)no2)c(Cl)c1. The van der Waals surface area contributed by atoms with Crippen molar-refractivity contribution >= 4 is 17.3 Å². The van der Waals surface area contributed by atoms with E-state index in [0.29, 0.717) is 6.07 Å². The molecule has 0 radical (unpaired) electrons. The van der Waals surface area contributed by atoms with Gasteiger partial charge in [0.25, 0.3) is 5.69 Å². The molecule has 0 aliphatic rings. The Balaban J connectivity index is 2.43. The van der Waals surface area contributed by atoms with Gasteiger partial charge in [0.05, 0.1) is 9.95 Å². The normalized spacial score (nSPS) is 11.6. The summed E-state index contributed by atoms with van der Waals surface area (Å²) >= 11 is 5.76. The molecule has 0 bridgehead atoms. The minimum atomic E-state index is -4.63. The van der Waals surface area contributed by atoms with E-state index in [4.69, 9.17) is 11.6 Å². The van der Waals surface area contributed by atoms with Gasteiger partial charge < -0.3 is 4.52 Å². The molecule has 1 heterocycles. The molecule has 0 spiro atoms. The molecule has 1 aromatic heterocycles. The van der Waals surface area contributed by atoms with Crippen LogP contribution in [-0.2, 0) is 6.18 Å². The predicted molar refractivity (Wildman–Crippen MR) is 58.6 cm³/mol. The van der Waals surface area contributed by atoms with Gasteiger partial charge in [-0.15, -0.1) is 0 Å². The molecule has 0 aliphatic carbocycles. The first-order valence-electron chi connectivity index (χ1n) is 4.77. The fraction of sp³-hybridized carbons (Fsp3) is 0.100. The zero-order valence-corrected chi connectivity index (χ0v) is 9.70. The molecule has 0 saturated carbocycles. The first kappa shape index (κ1) is 13.3. The molecule has 2 rings (SSSR count). The molecule has 1 aromatic carbocycles. The second kappa shape index (κ2) is 4.54. The van der Waals surface area contributed by atoms with E-state index in [-0.39, 0.29) is 22.0 Å². The van der Waals surface area contributed by atoms with Crippen LogP contribution in [0.3, 0.4) is 0 Å². The molecule has 0 saturated heterocycles. The monoisotopic (exact) mass is 292 g/mol. The van der Waals surface area contributed by atoms with E-state index in [1.165, 1.54) is 6.07 Å². The lowest BCUT2D eigenvalue weighted by Gasteiger charge is -1.99. The summed E-state index contributed by atoms with van der Waals surface area (Å²) in [5.74, 6) is -0.216. The van der Waals surface area contributed by atoms with Crippen LogP contribution in [-0.4, -0.2) is 10.1 Å². The van der Waals surface area contributed by atoms with Crippen LogP contribution in [0.5, 0.6) is 0 Å². The fourth-order valence-electron chi connectivity index (χ4n) is 1.35. The summed E-state index contributed by atoms with van der Waals surface area (Å²) in [6.45, 7) is 0. The van der Waals surface area contributed by atoms with Gasteiger partial charge in [0.1, 0.15) is 0 Å². The summed E-state index contributed by atoms with van der Waals surface area (Å²) in [6, 6.07) is 4.00. The lowest BCUT2D eigenvalue weighted by atomic mass is 10.1. The van der Waals surface area contributed by atoms with Crippen LogP contribution in [0.15, 0.2) is 28.8 Å². The number of hydrogen-bond donors (Lipinski definition) is 0. The zero-order valence-electron chi connectivity index (χ0n) is 8.94. The van der Waals surface area contributed by atoms with Crippen molar-refractivity contribution in [3.63, 3.8) is 0 Å². The molecule has 0 atom stereocenters. The third kappa shape index (κ3) is 2.68. The van der Waals surface area contributed by atoms with Gasteiger partial charge in [0.15, 0.2) is 11.5 Å². The van der Waals surface area contributed by atoms with E-state index in [1.54, 1.807) is 0 Å². The summed E-state index contributed by atoms with van der Waals surface area (Å²) < 4.78 is 41.6. The highest BCUT2D eigenvalue weighted by atomic mass is 35.5. The standard InChI is InChI=1S/C10H4ClF3N2O3/c11-7-3-5(16(17)18)1-2-6(7)8-4-9(15-19-8)10(12,13)14/h1-4H. The van der Waals surface area contributed by atoms with Crippen LogP contribution < -0.4 is 0 Å². The van der Waals surface area contributed by atoms with E-state index in [1.807, 2.05) is 0 Å². The van der Waals surface area contributed by atoms with Gasteiger partial charge in [-0.05, 0) is 6.07 Å². The summed E-state index contributed by atoms with van der Waals surface area (Å²) in [5.41, 5.74) is -1.38. The van der Waals surface area contributed by atoms with Crippen molar-refractivity contribution in [1.82, 2.24) is 5.16 Å². The minimum absolute atomic E-state index is 0.0928. The molecule has 0 aliphatic heterocycles. The Morgan fingerprint density at radius 1 is 1.32 bits per heavy atom. The highest BCUT2D eigenvalue weighted by Crippen LogP contribution is 2.35. The number of nitro benzene ring substituents is 1. The first-order valence-corrected chi connectivity index (χ1v) is 5.15. The second-order valence-corrected chi connectivity index (χ2v) is 3.90. The van der Waals surface area contributed by atoms with E-state index < -0.39 is 16.8 Å². The van der Waals surface area contributed by atoms with Gasteiger partial charge in [0.2, 0.25) is 0 Å². The number of aromatic nitrogens is 1. The molecule has 100 valence electrons. The van der Waals surface area contributed by atoms with E-state index in [0.717, 1.165) is 12.1 Å². The molecule has 0 fully saturated rings. The third-order valence-electron chi connectivity index (χ3n) is 2.23. The molecule has 0 amide bonds. The number of hydrogen-bond acceptors (Lipinski definition) is 4. The average molecular weight is 293 g/mol. The smallest absolute Gasteiger partial charge is 0.356 e. The second-order valence-electron chi connectivity index (χ2n) is 3.50. The Kier molecular flexibility index (Phi) is 3.19. The van der Waals surface area contributed by atoms with Gasteiger partial charge in [0, 0.05) is 23.8 Å². The number of benzene rings is 1. The van der Waals surface area contributed by atoms with Crippen LogP contribution in [0.1, 0.15) is 5.69 Å². The maximum Gasteiger partial charge on any atom is 0.436 e. The lowest BCUT2D eigenvalue weighted by molar-refractivity contribution is -0.384. The van der Waals surface area contributed by atoms with Crippen LogP contribution in [0.25, 0.3) is 11.3 Å². The molecule has 5 nitrogen and oxygen atoms in total. The number of halogens is 4. The number of nitrogens with zero attached hydrogens (tertiary/aromatic N) is 2. The fourth-order valence-corrected chi connectivity index (χ4v) is 1.62. The van der Waals surface area contributed by atoms with E-state index in [9.17, 15) is 23.3 Å². The number of rotatable bonds is 2. The third-order valence-corrected chi connectivity index (χ3v) is 2.54. The highest BCUT2D eigenvalue weighted by molar-refractivity contribution is 6.33. The topological polar surface area (TPSA) is 69.2 Å². The van der Waals surface area contributed by atoms with Gasteiger partial charge in [-0.1, -0.05) is 16.8 Å². The van der Waals surface area contributed by atoms with Gasteiger partial charge >= 0.3 is 6.18 Å². The summed E-state index contributed by atoms with van der Waals surface area (Å²) in [7, 11) is 0. The van der Waals surface area contributed by atoms with Crippen molar-refractivity contribution in [2.45, 2.75) is 6.18 Å². The number of non-ortho nitro benzene ring substituents is 1. The predicted octanol–water partition coefficient (Wildman–Crippen LogP) is 3.92. The summed E-state index contributed by atoms with van der Waals surface area (Å²) in [6.07, 6.45) is -4.63. The van der Waals surface area contributed by atoms with Crippen molar-refractivity contribution in [3.05, 3.63) is 45.1 Å². The van der Waals surface area contributed by atoms with Crippen molar-refractivity contribution < 1.29 is 22.6 Å². The Labute approximate surface area is 108 Å². The number of alkyl halides is 3. The van der Waals surface area contributed by atoms with Crippen molar-refractivity contribution in [2.75, 3.05) is 0 Å². The minimum Gasteiger partial charge on any atom is -0.356 e. The van der Waals surface area contributed by atoms with Crippen molar-refractivity contribution in [2.24, 2.45) is 0 Å². The van der Waals surface area contributed by atoms with Gasteiger partial charge in [-0.25, -0.2) is 0 Å². The Hall–Kier alpha value is -2.09. The molecular formula is C10H4ClF3N2O3. The quantitative estimate of drug-likeness (QED) is 0.621. The van der Waals surface area contributed by atoms with E-state index >= 15 is 0 Å². The maximum absolute atomic E-state index is 12.3. The Bertz CT molecular complexity index is 639. The maximum atomic E-state index is 12.3. The van der Waals surface area contributed by atoms with Crippen LogP contribution in [0, 0.1) is 10.1 Å². The largest absolute Gasteiger partial charge is 0.436 e. The molecule has 0 unspecified atom stereocenters. The lowest BCUT2D eigenvalue weighted by Crippen LogP contribution is -2.04. The van der Waals surface area contributed by atoms with Crippen molar-refractivity contribution in [3.8, 4) is 11.3 Å². The molecule has 0 N–H and O–H groups in total. The van der Waals surface area contributed by atoms with Crippen molar-refractivity contribution in [1.29, 1.82) is 0 Å². The molecule has 9 heteroatoms. The van der Waals surface area contributed by atoms with Crippen LogP contribution >= 0.6 is 11.6 Å². The van der Waals surface area contributed by atoms with E-state index in [2.05, 4.69) is 9.68 Å². The average Bonchev–Trinajstić information content (AvgIpc) is 2.77. The Morgan fingerprint density at radius 3 is 2.47 bits per heavy atom. The summed E-state index contributed by atoms with van der Waals surface area (Å²) in [5, 5.41) is 13.3. The molecule has 2 aromatic rings. The zero-order chi connectivity index (χ0) is 14.2. The van der Waals surface area contributed by atoms with Crippen LogP contribution in [0.4, 0.5) is 18.9 Å². The van der Waals surface area contributed by atoms with Gasteiger partial charge in [-0.3, -0.25) is 10.1 Å². The Morgan fingerprint density at radius 2 is 2.00 bits per heavy atom. The molecule has 19 heavy (non-hydrogen) atoms. The van der Waals surface area contributed by atoms with Gasteiger partial charge in [-0.2, -0.15) is 13.2 Å². The molecular weight excluding hydrogens is 289 g/mol.